The van der Waals surface area contributed by atoms with Crippen molar-refractivity contribution in [3.05, 3.63) is 28.2 Å². The third-order valence-electron chi connectivity index (χ3n) is 2.31. The lowest BCUT2D eigenvalue weighted by Gasteiger charge is -2.17. The van der Waals surface area contributed by atoms with Gasteiger partial charge < -0.3 is 5.73 Å². The van der Waals surface area contributed by atoms with E-state index in [0.29, 0.717) is 6.07 Å². The molecular formula is C10H11BrF2N2O2S2. The maximum Gasteiger partial charge on any atom is 0.242 e. The molecule has 9 heteroatoms. The Morgan fingerprint density at radius 2 is 2.11 bits per heavy atom. The summed E-state index contributed by atoms with van der Waals surface area (Å²) in [6.07, 6.45) is 0.144. The molecule has 0 saturated heterocycles. The molecule has 0 amide bonds. The first kappa shape index (κ1) is 16.3. The highest BCUT2D eigenvalue weighted by Gasteiger charge is 2.28. The van der Waals surface area contributed by atoms with E-state index in [0.717, 1.165) is 6.07 Å². The zero-order valence-corrected chi connectivity index (χ0v) is 13.0. The highest BCUT2D eigenvalue weighted by atomic mass is 79.9. The molecule has 4 nitrogen and oxygen atoms in total. The summed E-state index contributed by atoms with van der Waals surface area (Å²) in [6, 6.07) is 1.52. The standard InChI is InChI=1S/C10H11BrF2N2O2S2/c1-2-8(10(14)18)19(16,17)15-9-6(11)3-5(12)4-7(9)13/h3-4,8,15H,2H2,1H3,(H2,14,18). The number of thiocarbonyl (C=S) groups is 1. The van der Waals surface area contributed by atoms with E-state index in [4.69, 9.17) is 5.73 Å². The topological polar surface area (TPSA) is 72.2 Å². The molecule has 106 valence electrons. The molecular weight excluding hydrogens is 362 g/mol. The number of nitrogens with one attached hydrogen (secondary N) is 1. The lowest BCUT2D eigenvalue weighted by molar-refractivity contribution is 0.580. The van der Waals surface area contributed by atoms with Crippen molar-refractivity contribution >= 4 is 48.8 Å². The smallest absolute Gasteiger partial charge is 0.242 e. The van der Waals surface area contributed by atoms with Crippen LogP contribution in [0.2, 0.25) is 0 Å². The monoisotopic (exact) mass is 372 g/mol. The van der Waals surface area contributed by atoms with Gasteiger partial charge in [0.15, 0.2) is 5.82 Å². The predicted molar refractivity (Wildman–Crippen MR) is 77.5 cm³/mol. The van der Waals surface area contributed by atoms with E-state index in [1.54, 1.807) is 6.92 Å². The third-order valence-corrected chi connectivity index (χ3v) is 5.20. The Labute approximate surface area is 123 Å². The molecule has 0 spiro atoms. The van der Waals surface area contributed by atoms with Gasteiger partial charge in [0, 0.05) is 10.5 Å². The number of nitrogens with two attached hydrogens (primary N) is 1. The van der Waals surface area contributed by atoms with Crippen LogP contribution >= 0.6 is 28.1 Å². The van der Waals surface area contributed by atoms with E-state index < -0.39 is 26.9 Å². The molecule has 0 aliphatic rings. The van der Waals surface area contributed by atoms with Crippen LogP contribution in [-0.2, 0) is 10.0 Å². The molecule has 0 aliphatic heterocycles. The largest absolute Gasteiger partial charge is 0.392 e. The molecule has 0 fully saturated rings. The molecule has 0 aromatic heterocycles. The van der Waals surface area contributed by atoms with Crippen molar-refractivity contribution in [1.29, 1.82) is 0 Å². The van der Waals surface area contributed by atoms with E-state index in [1.807, 2.05) is 4.72 Å². The van der Waals surface area contributed by atoms with Gasteiger partial charge in [-0.05, 0) is 28.4 Å². The fourth-order valence-corrected chi connectivity index (χ4v) is 3.99. The number of sulfonamides is 1. The van der Waals surface area contributed by atoms with Crippen LogP contribution in [0.25, 0.3) is 0 Å². The first-order chi connectivity index (χ1) is 8.69. The zero-order valence-electron chi connectivity index (χ0n) is 9.78. The fourth-order valence-electron chi connectivity index (χ4n) is 1.43. The summed E-state index contributed by atoms with van der Waals surface area (Å²) in [5, 5.41) is -1.13. The predicted octanol–water partition coefficient (Wildman–Crippen LogP) is 2.53. The first-order valence-corrected chi connectivity index (χ1v) is 7.89. The van der Waals surface area contributed by atoms with Crippen molar-refractivity contribution in [1.82, 2.24) is 0 Å². The van der Waals surface area contributed by atoms with Crippen LogP contribution in [0.4, 0.5) is 14.5 Å². The van der Waals surface area contributed by atoms with Gasteiger partial charge in [-0.1, -0.05) is 19.1 Å². The van der Waals surface area contributed by atoms with Crippen LogP contribution in [0.15, 0.2) is 16.6 Å². The Balaban J connectivity index is 3.19. The normalized spacial score (nSPS) is 13.1. The lowest BCUT2D eigenvalue weighted by atomic mass is 10.3. The van der Waals surface area contributed by atoms with Gasteiger partial charge in [-0.3, -0.25) is 4.72 Å². The van der Waals surface area contributed by atoms with Gasteiger partial charge in [0.1, 0.15) is 11.1 Å². The maximum absolute atomic E-state index is 13.5. The van der Waals surface area contributed by atoms with Crippen LogP contribution < -0.4 is 10.5 Å². The molecule has 0 radical (unpaired) electrons. The quantitative estimate of drug-likeness (QED) is 0.779. The minimum Gasteiger partial charge on any atom is -0.392 e. The van der Waals surface area contributed by atoms with Crippen molar-refractivity contribution in [3.8, 4) is 0 Å². The van der Waals surface area contributed by atoms with Crippen molar-refractivity contribution in [2.45, 2.75) is 18.6 Å². The number of hydrogen-bond acceptors (Lipinski definition) is 3. The van der Waals surface area contributed by atoms with Crippen molar-refractivity contribution in [3.63, 3.8) is 0 Å². The zero-order chi connectivity index (χ0) is 14.8. The minimum atomic E-state index is -3.99. The van der Waals surface area contributed by atoms with Gasteiger partial charge in [0.05, 0.1) is 10.7 Å². The molecule has 0 bridgehead atoms. The fraction of sp³-hybridized carbons (Fsp3) is 0.300. The summed E-state index contributed by atoms with van der Waals surface area (Å²) in [5.41, 5.74) is 4.96. The first-order valence-electron chi connectivity index (χ1n) is 5.14. The molecule has 0 saturated carbocycles. The molecule has 1 atom stereocenters. The van der Waals surface area contributed by atoms with Crippen molar-refractivity contribution in [2.24, 2.45) is 5.73 Å². The Bertz CT molecular complexity index is 585. The summed E-state index contributed by atoms with van der Waals surface area (Å²) >= 11 is 7.55. The summed E-state index contributed by atoms with van der Waals surface area (Å²) < 4.78 is 52.4. The number of benzene rings is 1. The van der Waals surface area contributed by atoms with Crippen LogP contribution in [0.1, 0.15) is 13.3 Å². The SMILES string of the molecule is CCC(C(N)=S)S(=O)(=O)Nc1c(F)cc(F)cc1Br. The highest BCUT2D eigenvalue weighted by Crippen LogP contribution is 2.28. The van der Waals surface area contributed by atoms with Gasteiger partial charge in [0.25, 0.3) is 0 Å². The second-order valence-electron chi connectivity index (χ2n) is 3.69. The van der Waals surface area contributed by atoms with Crippen molar-refractivity contribution < 1.29 is 17.2 Å². The molecule has 0 aliphatic carbocycles. The average molecular weight is 373 g/mol. The average Bonchev–Trinajstić information content (AvgIpc) is 2.23. The van der Waals surface area contributed by atoms with Gasteiger partial charge in [-0.2, -0.15) is 0 Å². The van der Waals surface area contributed by atoms with Crippen LogP contribution in [0.5, 0.6) is 0 Å². The van der Waals surface area contributed by atoms with Crippen LogP contribution in [-0.4, -0.2) is 18.7 Å². The number of anilines is 1. The molecule has 1 aromatic rings. The molecule has 0 heterocycles. The van der Waals surface area contributed by atoms with Crippen LogP contribution in [0, 0.1) is 11.6 Å². The summed E-state index contributed by atoms with van der Waals surface area (Å²) in [4.78, 5) is -0.214. The number of hydrogen-bond donors (Lipinski definition) is 2. The Morgan fingerprint density at radius 1 is 1.53 bits per heavy atom. The second kappa shape index (κ2) is 6.10. The lowest BCUT2D eigenvalue weighted by Crippen LogP contribution is -2.37. The van der Waals surface area contributed by atoms with E-state index in [2.05, 4.69) is 28.1 Å². The van der Waals surface area contributed by atoms with E-state index in [9.17, 15) is 17.2 Å². The Morgan fingerprint density at radius 3 is 2.53 bits per heavy atom. The van der Waals surface area contributed by atoms with E-state index in [-0.39, 0.29) is 21.6 Å². The molecule has 19 heavy (non-hydrogen) atoms. The summed E-state index contributed by atoms with van der Waals surface area (Å²) in [6.45, 7) is 1.58. The minimum absolute atomic E-state index is 0.0497. The summed E-state index contributed by atoms with van der Waals surface area (Å²) in [5.74, 6) is -1.86. The van der Waals surface area contributed by atoms with Crippen LogP contribution in [0.3, 0.4) is 0 Å². The van der Waals surface area contributed by atoms with Gasteiger partial charge >= 0.3 is 0 Å². The number of rotatable bonds is 5. The van der Waals surface area contributed by atoms with Gasteiger partial charge in [-0.15, -0.1) is 0 Å². The molecule has 1 rings (SSSR count). The molecule has 1 aromatic carbocycles. The Hall–Kier alpha value is -0.800. The summed E-state index contributed by atoms with van der Waals surface area (Å²) in [7, 11) is -3.99. The van der Waals surface area contributed by atoms with Gasteiger partial charge in [-0.25, -0.2) is 17.2 Å². The van der Waals surface area contributed by atoms with Crippen molar-refractivity contribution in [2.75, 3.05) is 4.72 Å². The molecule has 3 N–H and O–H groups in total. The number of halogens is 3. The maximum atomic E-state index is 13.5. The highest BCUT2D eigenvalue weighted by molar-refractivity contribution is 9.10. The van der Waals surface area contributed by atoms with E-state index in [1.165, 1.54) is 0 Å². The third kappa shape index (κ3) is 3.83. The molecule has 1 unspecified atom stereocenters. The Kier molecular flexibility index (Phi) is 5.22. The van der Waals surface area contributed by atoms with E-state index >= 15 is 0 Å². The van der Waals surface area contributed by atoms with Gasteiger partial charge in [0.2, 0.25) is 10.0 Å². The second-order valence-corrected chi connectivity index (χ2v) is 6.88.